The fourth-order valence-electron chi connectivity index (χ4n) is 1.43. The number of halogens is 2. The molecule has 1 heterocycles. The Bertz CT molecular complexity index is 701. The summed E-state index contributed by atoms with van der Waals surface area (Å²) in [5, 5.41) is 1.98. The van der Waals surface area contributed by atoms with Crippen LogP contribution < -0.4 is 31.5 Å². The van der Waals surface area contributed by atoms with Crippen molar-refractivity contribution in [3.8, 4) is 0 Å². The standard InChI is InChI=1S/C11H14F2N4O2S/c1-2-17-10(19)6(3-4-14)20-11(17)8(15)9(18)16-5-7(12)13/h4,7H,2,5,14-15H2,1H3,(H,16,18)/b11-8+. The molecule has 0 radical (unpaired) electrons. The molecule has 0 fully saturated rings. The van der Waals surface area contributed by atoms with Crippen molar-refractivity contribution in [1.29, 1.82) is 0 Å². The molecule has 1 aromatic heterocycles. The van der Waals surface area contributed by atoms with Gasteiger partial charge in [0.1, 0.15) is 14.9 Å². The summed E-state index contributed by atoms with van der Waals surface area (Å²) in [6.45, 7) is 1.17. The van der Waals surface area contributed by atoms with Crippen molar-refractivity contribution in [3.63, 3.8) is 0 Å². The van der Waals surface area contributed by atoms with Gasteiger partial charge in [-0.1, -0.05) is 5.73 Å². The van der Waals surface area contributed by atoms with Crippen LogP contribution in [0.2, 0.25) is 0 Å². The molecule has 5 N–H and O–H groups in total. The van der Waals surface area contributed by atoms with Gasteiger partial charge in [0.05, 0.1) is 6.54 Å². The van der Waals surface area contributed by atoms with Gasteiger partial charge in [-0.3, -0.25) is 14.2 Å². The smallest absolute Gasteiger partial charge is 0.277 e. The number of amides is 1. The number of aromatic nitrogens is 1. The van der Waals surface area contributed by atoms with Crippen LogP contribution in [0.1, 0.15) is 6.92 Å². The van der Waals surface area contributed by atoms with Crippen molar-refractivity contribution < 1.29 is 13.6 Å². The first-order chi connectivity index (χ1) is 9.42. The van der Waals surface area contributed by atoms with Crippen LogP contribution in [0.5, 0.6) is 0 Å². The van der Waals surface area contributed by atoms with E-state index >= 15 is 0 Å². The van der Waals surface area contributed by atoms with E-state index in [1.54, 1.807) is 6.92 Å². The summed E-state index contributed by atoms with van der Waals surface area (Å²) in [7, 11) is 0. The summed E-state index contributed by atoms with van der Waals surface area (Å²) in [6, 6.07) is 0. The molecule has 0 bridgehead atoms. The fraction of sp³-hybridized carbons (Fsp3) is 0.364. The number of nitrogens with zero attached hydrogens (tertiary/aromatic N) is 1. The van der Waals surface area contributed by atoms with E-state index in [2.05, 4.69) is 5.73 Å². The monoisotopic (exact) mass is 304 g/mol. The van der Waals surface area contributed by atoms with E-state index in [-0.39, 0.29) is 27.0 Å². The van der Waals surface area contributed by atoms with Gasteiger partial charge in [-0.25, -0.2) is 8.78 Å². The minimum atomic E-state index is -2.67. The maximum absolute atomic E-state index is 12.0. The number of nitrogens with two attached hydrogens (primary N) is 2. The minimum absolute atomic E-state index is 0.189. The number of alkyl halides is 2. The summed E-state index contributed by atoms with van der Waals surface area (Å²) in [5.74, 6) is -0.850. The lowest BCUT2D eigenvalue weighted by atomic mass is 10.4. The molecule has 110 valence electrons. The number of thiazole rings is 1. The Morgan fingerprint density at radius 2 is 2.25 bits per heavy atom. The van der Waals surface area contributed by atoms with Crippen LogP contribution in [0.25, 0.3) is 11.4 Å². The fourth-order valence-corrected chi connectivity index (χ4v) is 2.47. The van der Waals surface area contributed by atoms with Crippen LogP contribution in [-0.4, -0.2) is 23.4 Å². The van der Waals surface area contributed by atoms with E-state index < -0.39 is 18.9 Å². The predicted octanol–water partition coefficient (Wildman–Crippen LogP) is -1.77. The van der Waals surface area contributed by atoms with Crippen molar-refractivity contribution in [3.05, 3.63) is 25.7 Å². The Balaban J connectivity index is 3.40. The molecule has 0 saturated heterocycles. The second-order valence-corrected chi connectivity index (χ2v) is 4.61. The Morgan fingerprint density at radius 1 is 1.60 bits per heavy atom. The first kappa shape index (κ1) is 15.9. The van der Waals surface area contributed by atoms with Gasteiger partial charge in [-0.05, 0) is 6.92 Å². The number of nitrogens with one attached hydrogen (secondary N) is 1. The topological polar surface area (TPSA) is 103 Å². The maximum atomic E-state index is 12.0. The molecule has 6 nitrogen and oxygen atoms in total. The molecule has 0 aromatic carbocycles. The zero-order valence-corrected chi connectivity index (χ0v) is 11.5. The molecule has 0 aliphatic heterocycles. The molecule has 0 spiro atoms. The molecule has 0 saturated carbocycles. The Morgan fingerprint density at radius 3 is 2.75 bits per heavy atom. The van der Waals surface area contributed by atoms with E-state index in [0.717, 1.165) is 17.5 Å². The van der Waals surface area contributed by atoms with Crippen LogP contribution in [0, 0.1) is 0 Å². The highest BCUT2D eigenvalue weighted by Crippen LogP contribution is 1.90. The van der Waals surface area contributed by atoms with Crippen LogP contribution in [0.3, 0.4) is 0 Å². The molecule has 0 atom stereocenters. The first-order valence-electron chi connectivity index (χ1n) is 5.65. The molecule has 1 rings (SSSR count). The summed E-state index contributed by atoms with van der Waals surface area (Å²) < 4.78 is 25.7. The zero-order chi connectivity index (χ0) is 15.3. The van der Waals surface area contributed by atoms with Gasteiger partial charge in [0, 0.05) is 12.7 Å². The van der Waals surface area contributed by atoms with Crippen LogP contribution in [0.15, 0.2) is 11.0 Å². The lowest BCUT2D eigenvalue weighted by Gasteiger charge is -2.04. The van der Waals surface area contributed by atoms with Gasteiger partial charge in [0.2, 0.25) is 0 Å². The number of rotatable bonds is 4. The SMILES string of the molecule is CCn1c(=O)c(=C=CN)s/c1=C(/N)C(=O)NCC(F)F. The highest BCUT2D eigenvalue weighted by atomic mass is 32.1. The third-order valence-electron chi connectivity index (χ3n) is 2.31. The van der Waals surface area contributed by atoms with E-state index in [1.165, 1.54) is 4.57 Å². The zero-order valence-electron chi connectivity index (χ0n) is 10.7. The molecule has 0 aliphatic carbocycles. The van der Waals surface area contributed by atoms with Crippen LogP contribution >= 0.6 is 11.3 Å². The average Bonchev–Trinajstić information content (AvgIpc) is 2.72. The van der Waals surface area contributed by atoms with Gasteiger partial charge in [0.15, 0.2) is 0 Å². The third-order valence-corrected chi connectivity index (χ3v) is 3.44. The van der Waals surface area contributed by atoms with E-state index in [0.29, 0.717) is 0 Å². The summed E-state index contributed by atoms with van der Waals surface area (Å²) in [5.41, 5.74) is 12.6. The van der Waals surface area contributed by atoms with Gasteiger partial charge in [-0.15, -0.1) is 11.3 Å². The largest absolute Gasteiger partial charge is 0.398 e. The van der Waals surface area contributed by atoms with E-state index in [1.807, 2.05) is 5.32 Å². The molecular weight excluding hydrogens is 290 g/mol. The van der Waals surface area contributed by atoms with Gasteiger partial charge in [0.25, 0.3) is 17.9 Å². The molecule has 1 aromatic rings. The van der Waals surface area contributed by atoms with E-state index in [4.69, 9.17) is 11.5 Å². The van der Waals surface area contributed by atoms with Gasteiger partial charge < -0.3 is 16.8 Å². The number of hydrogen-bond donors (Lipinski definition) is 3. The van der Waals surface area contributed by atoms with Gasteiger partial charge in [-0.2, -0.15) is 0 Å². The van der Waals surface area contributed by atoms with Crippen LogP contribution in [-0.2, 0) is 11.3 Å². The predicted molar refractivity (Wildman–Crippen MR) is 72.3 cm³/mol. The normalized spacial score (nSPS) is 12.0. The number of hydrogen-bond acceptors (Lipinski definition) is 5. The highest BCUT2D eigenvalue weighted by molar-refractivity contribution is 7.07. The first-order valence-corrected chi connectivity index (χ1v) is 6.46. The highest BCUT2D eigenvalue weighted by Gasteiger charge is 2.13. The second-order valence-electron chi connectivity index (χ2n) is 3.61. The van der Waals surface area contributed by atoms with Crippen molar-refractivity contribution in [2.24, 2.45) is 11.5 Å². The lowest BCUT2D eigenvalue weighted by Crippen LogP contribution is -2.38. The number of carbonyl (C=O) groups is 1. The number of carbonyl (C=O) groups excluding carboxylic acids is 1. The Labute approximate surface area is 116 Å². The Hall–Kier alpha value is -2.12. The van der Waals surface area contributed by atoms with Crippen LogP contribution in [0.4, 0.5) is 8.78 Å². The average molecular weight is 304 g/mol. The lowest BCUT2D eigenvalue weighted by molar-refractivity contribution is -0.116. The summed E-state index contributed by atoms with van der Waals surface area (Å²) in [6.07, 6.45) is -1.60. The molecule has 0 aliphatic rings. The van der Waals surface area contributed by atoms with E-state index in [9.17, 15) is 18.4 Å². The molecular formula is C11H14F2N4O2S. The maximum Gasteiger partial charge on any atom is 0.277 e. The minimum Gasteiger partial charge on any atom is -0.398 e. The molecule has 1 amide bonds. The second kappa shape index (κ2) is 6.88. The van der Waals surface area contributed by atoms with Crippen molar-refractivity contribution in [2.75, 3.05) is 6.54 Å². The van der Waals surface area contributed by atoms with Crippen molar-refractivity contribution in [1.82, 2.24) is 9.88 Å². The summed E-state index contributed by atoms with van der Waals surface area (Å²) in [4.78, 5) is 23.5. The quantitative estimate of drug-likeness (QED) is 0.612. The van der Waals surface area contributed by atoms with Crippen molar-refractivity contribution >= 4 is 28.7 Å². The molecule has 9 heteroatoms. The molecule has 20 heavy (non-hydrogen) atoms. The Kier molecular flexibility index (Phi) is 5.48. The third kappa shape index (κ3) is 3.46. The van der Waals surface area contributed by atoms with Gasteiger partial charge >= 0.3 is 0 Å². The molecule has 0 unspecified atom stereocenters. The van der Waals surface area contributed by atoms with Crippen molar-refractivity contribution in [2.45, 2.75) is 19.9 Å². The summed E-state index contributed by atoms with van der Waals surface area (Å²) >= 11 is 0.924.